The Labute approximate surface area is 121 Å². The Bertz CT molecular complexity index is 378. The smallest absolute Gasteiger partial charge is 0.230 e. The van der Waals surface area contributed by atoms with Crippen molar-refractivity contribution in [2.24, 2.45) is 17.3 Å². The number of carbonyl (C=O) groups excluding carboxylic acids is 2. The van der Waals surface area contributed by atoms with Crippen LogP contribution in [0.5, 0.6) is 0 Å². The summed E-state index contributed by atoms with van der Waals surface area (Å²) in [4.78, 5) is 24.2. The van der Waals surface area contributed by atoms with Gasteiger partial charge in [-0.2, -0.15) is 0 Å². The molecule has 0 bridgehead atoms. The lowest BCUT2D eigenvalue weighted by molar-refractivity contribution is -0.154. The van der Waals surface area contributed by atoms with Gasteiger partial charge in [0, 0.05) is 18.9 Å². The van der Waals surface area contributed by atoms with Crippen molar-refractivity contribution in [3.63, 3.8) is 0 Å². The van der Waals surface area contributed by atoms with E-state index in [1.165, 1.54) is 0 Å². The first-order valence-electron chi connectivity index (χ1n) is 7.92. The summed E-state index contributed by atoms with van der Waals surface area (Å²) in [5.74, 6) is 0.256. The second-order valence-corrected chi connectivity index (χ2v) is 6.87. The van der Waals surface area contributed by atoms with Gasteiger partial charge in [-0.05, 0) is 37.0 Å². The molecule has 0 aliphatic carbocycles. The van der Waals surface area contributed by atoms with Crippen LogP contribution >= 0.6 is 0 Å². The first-order chi connectivity index (χ1) is 9.47. The van der Waals surface area contributed by atoms with Crippen LogP contribution in [0.4, 0.5) is 0 Å². The quantitative estimate of drug-likeness (QED) is 0.806. The molecule has 2 aliphatic heterocycles. The summed E-state index contributed by atoms with van der Waals surface area (Å²) in [7, 11) is 0. The van der Waals surface area contributed by atoms with Gasteiger partial charge in [0.15, 0.2) is 0 Å². The molecule has 2 rings (SSSR count). The minimum atomic E-state index is -0.165. The number of amides is 2. The van der Waals surface area contributed by atoms with E-state index in [1.807, 2.05) is 0 Å². The van der Waals surface area contributed by atoms with Gasteiger partial charge in [0.25, 0.3) is 0 Å². The molecule has 2 heterocycles. The Balaban J connectivity index is 2.21. The van der Waals surface area contributed by atoms with Crippen LogP contribution in [-0.2, 0) is 14.3 Å². The molecule has 114 valence electrons. The summed E-state index contributed by atoms with van der Waals surface area (Å²) in [6.07, 6.45) is 5.35. The molecule has 0 radical (unpaired) electrons. The van der Waals surface area contributed by atoms with Crippen molar-refractivity contribution < 1.29 is 14.3 Å². The van der Waals surface area contributed by atoms with E-state index in [9.17, 15) is 9.59 Å². The summed E-state index contributed by atoms with van der Waals surface area (Å²) >= 11 is 0. The van der Waals surface area contributed by atoms with Crippen LogP contribution in [0.3, 0.4) is 0 Å². The topological polar surface area (TPSA) is 55.4 Å². The molecule has 4 nitrogen and oxygen atoms in total. The fourth-order valence-corrected chi connectivity index (χ4v) is 3.85. The molecule has 3 unspecified atom stereocenters. The fraction of sp³-hybridized carbons (Fsp3) is 0.875. The molecular formula is C16H27NO3. The summed E-state index contributed by atoms with van der Waals surface area (Å²) in [6, 6.07) is 0. The van der Waals surface area contributed by atoms with Crippen LogP contribution in [0.1, 0.15) is 59.3 Å². The van der Waals surface area contributed by atoms with Gasteiger partial charge in [-0.15, -0.1) is 0 Å². The molecule has 0 saturated carbocycles. The number of carbonyl (C=O) groups is 2. The number of nitrogens with one attached hydrogen (secondary N) is 1. The SMILES string of the molecule is CCCC1CC2(CCO1)CC(=O)NC(=O)C2CC(C)C. The van der Waals surface area contributed by atoms with E-state index in [1.54, 1.807) is 0 Å². The highest BCUT2D eigenvalue weighted by Gasteiger charge is 2.50. The van der Waals surface area contributed by atoms with E-state index in [4.69, 9.17) is 4.74 Å². The molecule has 2 saturated heterocycles. The molecule has 1 spiro atoms. The van der Waals surface area contributed by atoms with Crippen LogP contribution in [0, 0.1) is 17.3 Å². The van der Waals surface area contributed by atoms with Crippen LogP contribution < -0.4 is 5.32 Å². The average Bonchev–Trinajstić information content (AvgIpc) is 2.34. The molecule has 2 aliphatic rings. The van der Waals surface area contributed by atoms with E-state index in [-0.39, 0.29) is 29.3 Å². The summed E-state index contributed by atoms with van der Waals surface area (Å²) in [5.41, 5.74) is -0.165. The van der Waals surface area contributed by atoms with E-state index >= 15 is 0 Å². The highest BCUT2D eigenvalue weighted by molar-refractivity contribution is 5.99. The summed E-state index contributed by atoms with van der Waals surface area (Å²) in [5, 5.41) is 2.53. The van der Waals surface area contributed by atoms with Gasteiger partial charge in [0.1, 0.15) is 0 Å². The normalized spacial score (nSPS) is 34.6. The van der Waals surface area contributed by atoms with Crippen molar-refractivity contribution in [2.75, 3.05) is 6.61 Å². The Morgan fingerprint density at radius 2 is 2.15 bits per heavy atom. The predicted octanol–water partition coefficient (Wildman–Crippen LogP) is 2.66. The second kappa shape index (κ2) is 6.25. The van der Waals surface area contributed by atoms with Crippen LogP contribution in [0.2, 0.25) is 0 Å². The maximum atomic E-state index is 12.3. The first-order valence-corrected chi connectivity index (χ1v) is 7.92. The van der Waals surface area contributed by atoms with E-state index < -0.39 is 0 Å². The van der Waals surface area contributed by atoms with Crippen molar-refractivity contribution in [1.82, 2.24) is 5.32 Å². The van der Waals surface area contributed by atoms with E-state index in [0.29, 0.717) is 18.9 Å². The summed E-state index contributed by atoms with van der Waals surface area (Å²) < 4.78 is 5.83. The number of hydrogen-bond acceptors (Lipinski definition) is 3. The standard InChI is InChI=1S/C16H27NO3/c1-4-5-12-9-16(6-7-20-12)10-14(18)17-15(19)13(16)8-11(2)3/h11-13H,4-10H2,1-3H3,(H,17,18,19). The number of ether oxygens (including phenoxy) is 1. The van der Waals surface area contributed by atoms with Gasteiger partial charge in [-0.25, -0.2) is 0 Å². The van der Waals surface area contributed by atoms with Crippen molar-refractivity contribution in [2.45, 2.75) is 65.4 Å². The first kappa shape index (κ1) is 15.5. The molecule has 20 heavy (non-hydrogen) atoms. The molecule has 3 atom stereocenters. The van der Waals surface area contributed by atoms with Gasteiger partial charge < -0.3 is 4.74 Å². The van der Waals surface area contributed by atoms with Crippen LogP contribution in [0.15, 0.2) is 0 Å². The lowest BCUT2D eigenvalue weighted by Gasteiger charge is -2.48. The second-order valence-electron chi connectivity index (χ2n) is 6.87. The highest BCUT2D eigenvalue weighted by atomic mass is 16.5. The number of imide groups is 1. The third kappa shape index (κ3) is 3.22. The van der Waals surface area contributed by atoms with Crippen LogP contribution in [-0.4, -0.2) is 24.5 Å². The van der Waals surface area contributed by atoms with Crippen molar-refractivity contribution in [3.05, 3.63) is 0 Å². The molecule has 0 aromatic heterocycles. The Morgan fingerprint density at radius 3 is 2.80 bits per heavy atom. The third-order valence-corrected chi connectivity index (χ3v) is 4.74. The van der Waals surface area contributed by atoms with E-state index in [0.717, 1.165) is 32.1 Å². The van der Waals surface area contributed by atoms with Crippen molar-refractivity contribution in [1.29, 1.82) is 0 Å². The van der Waals surface area contributed by atoms with Gasteiger partial charge in [0.2, 0.25) is 11.8 Å². The number of rotatable bonds is 4. The lowest BCUT2D eigenvalue weighted by atomic mass is 9.61. The predicted molar refractivity (Wildman–Crippen MR) is 77.0 cm³/mol. The Kier molecular flexibility index (Phi) is 4.84. The molecule has 2 fully saturated rings. The molecule has 0 aromatic carbocycles. The zero-order chi connectivity index (χ0) is 14.8. The Morgan fingerprint density at radius 1 is 1.40 bits per heavy atom. The molecule has 4 heteroatoms. The monoisotopic (exact) mass is 281 g/mol. The Hall–Kier alpha value is -0.900. The minimum absolute atomic E-state index is 0.0385. The number of piperidine rings is 1. The lowest BCUT2D eigenvalue weighted by Crippen LogP contribution is -2.55. The van der Waals surface area contributed by atoms with Gasteiger partial charge in [-0.3, -0.25) is 14.9 Å². The zero-order valence-electron chi connectivity index (χ0n) is 12.9. The molecular weight excluding hydrogens is 254 g/mol. The minimum Gasteiger partial charge on any atom is -0.378 e. The molecule has 1 N–H and O–H groups in total. The fourth-order valence-electron chi connectivity index (χ4n) is 3.85. The van der Waals surface area contributed by atoms with Crippen LogP contribution in [0.25, 0.3) is 0 Å². The van der Waals surface area contributed by atoms with E-state index in [2.05, 4.69) is 26.1 Å². The zero-order valence-corrected chi connectivity index (χ0v) is 12.9. The van der Waals surface area contributed by atoms with Gasteiger partial charge in [-0.1, -0.05) is 27.2 Å². The summed E-state index contributed by atoms with van der Waals surface area (Å²) in [6.45, 7) is 7.11. The molecule has 2 amide bonds. The number of hydrogen-bond donors (Lipinski definition) is 1. The maximum absolute atomic E-state index is 12.3. The van der Waals surface area contributed by atoms with Gasteiger partial charge in [0.05, 0.1) is 6.10 Å². The van der Waals surface area contributed by atoms with Crippen molar-refractivity contribution >= 4 is 11.8 Å². The average molecular weight is 281 g/mol. The largest absolute Gasteiger partial charge is 0.378 e. The highest BCUT2D eigenvalue weighted by Crippen LogP contribution is 2.48. The molecule has 0 aromatic rings. The maximum Gasteiger partial charge on any atom is 0.230 e. The van der Waals surface area contributed by atoms with Crippen molar-refractivity contribution in [3.8, 4) is 0 Å². The third-order valence-electron chi connectivity index (χ3n) is 4.74. The van der Waals surface area contributed by atoms with Gasteiger partial charge >= 0.3 is 0 Å².